The molecule has 1 aromatic carbocycles. The van der Waals surface area contributed by atoms with Crippen molar-refractivity contribution in [1.82, 2.24) is 9.78 Å². The lowest BCUT2D eigenvalue weighted by molar-refractivity contribution is -0.385. The first-order valence-electron chi connectivity index (χ1n) is 6.03. The molecule has 2 aromatic rings. The summed E-state index contributed by atoms with van der Waals surface area (Å²) in [5.41, 5.74) is 0.874. The number of rotatable bonds is 4. The topological polar surface area (TPSA) is 70.2 Å². The molecular weight excluding hydrogens is 282 g/mol. The van der Waals surface area contributed by atoms with Gasteiger partial charge in [-0.05, 0) is 24.3 Å². The molecule has 1 aromatic heterocycles. The molecule has 0 unspecified atom stereocenters. The largest absolute Gasteiger partial charge is 0.497 e. The summed E-state index contributed by atoms with van der Waals surface area (Å²) in [6.07, 6.45) is 0. The third kappa shape index (κ3) is 2.46. The van der Waals surface area contributed by atoms with E-state index in [1.54, 1.807) is 31.4 Å². The molecule has 0 aliphatic rings. The van der Waals surface area contributed by atoms with Crippen molar-refractivity contribution in [3.8, 4) is 11.4 Å². The standard InChI is InChI=1S/C13H14ClN3O3/c1-8(2)11-12(17(18)19)13(14)16(15-11)9-4-6-10(20-3)7-5-9/h4-8H,1-3H3. The summed E-state index contributed by atoms with van der Waals surface area (Å²) < 4.78 is 6.44. The van der Waals surface area contributed by atoms with Gasteiger partial charge in [-0.15, -0.1) is 0 Å². The molecule has 0 amide bonds. The molecule has 0 atom stereocenters. The predicted octanol–water partition coefficient (Wildman–Crippen LogP) is 3.57. The smallest absolute Gasteiger partial charge is 0.329 e. The predicted molar refractivity (Wildman–Crippen MR) is 75.9 cm³/mol. The van der Waals surface area contributed by atoms with Gasteiger partial charge >= 0.3 is 5.69 Å². The van der Waals surface area contributed by atoms with Crippen LogP contribution in [-0.2, 0) is 0 Å². The highest BCUT2D eigenvalue weighted by Crippen LogP contribution is 2.34. The Bertz CT molecular complexity index is 635. The van der Waals surface area contributed by atoms with Crippen LogP contribution in [0.15, 0.2) is 24.3 Å². The van der Waals surface area contributed by atoms with Crippen LogP contribution in [0.4, 0.5) is 5.69 Å². The van der Waals surface area contributed by atoms with Crippen LogP contribution in [0.1, 0.15) is 25.5 Å². The summed E-state index contributed by atoms with van der Waals surface area (Å²) in [5, 5.41) is 15.4. The summed E-state index contributed by atoms with van der Waals surface area (Å²) in [6.45, 7) is 3.67. The van der Waals surface area contributed by atoms with Crippen molar-refractivity contribution in [3.05, 3.63) is 45.2 Å². The Kier molecular flexibility index (Phi) is 3.94. The van der Waals surface area contributed by atoms with E-state index in [0.29, 0.717) is 17.1 Å². The van der Waals surface area contributed by atoms with Gasteiger partial charge in [0.1, 0.15) is 11.4 Å². The Morgan fingerprint density at radius 3 is 2.35 bits per heavy atom. The van der Waals surface area contributed by atoms with Gasteiger partial charge in [-0.25, -0.2) is 4.68 Å². The molecule has 1 heterocycles. The maximum absolute atomic E-state index is 11.1. The van der Waals surface area contributed by atoms with E-state index in [0.717, 1.165) is 0 Å². The number of nitro groups is 1. The van der Waals surface area contributed by atoms with Crippen molar-refractivity contribution in [3.63, 3.8) is 0 Å². The average molecular weight is 296 g/mol. The van der Waals surface area contributed by atoms with Crippen LogP contribution in [0.25, 0.3) is 5.69 Å². The molecule has 6 nitrogen and oxygen atoms in total. The van der Waals surface area contributed by atoms with Crippen LogP contribution in [-0.4, -0.2) is 21.8 Å². The lowest BCUT2D eigenvalue weighted by Gasteiger charge is -2.04. The van der Waals surface area contributed by atoms with E-state index < -0.39 is 4.92 Å². The highest BCUT2D eigenvalue weighted by Gasteiger charge is 2.28. The van der Waals surface area contributed by atoms with Gasteiger partial charge in [0.05, 0.1) is 17.7 Å². The van der Waals surface area contributed by atoms with E-state index in [2.05, 4.69) is 5.10 Å². The molecule has 0 aliphatic carbocycles. The Morgan fingerprint density at radius 2 is 1.95 bits per heavy atom. The van der Waals surface area contributed by atoms with E-state index in [1.165, 1.54) is 4.68 Å². The lowest BCUT2D eigenvalue weighted by atomic mass is 10.1. The summed E-state index contributed by atoms with van der Waals surface area (Å²) in [6, 6.07) is 6.97. The second-order valence-corrected chi connectivity index (χ2v) is 4.90. The molecule has 0 saturated heterocycles. The summed E-state index contributed by atoms with van der Waals surface area (Å²) in [4.78, 5) is 10.6. The second-order valence-electron chi connectivity index (χ2n) is 4.55. The highest BCUT2D eigenvalue weighted by atomic mass is 35.5. The van der Waals surface area contributed by atoms with Crippen LogP contribution < -0.4 is 4.74 Å². The van der Waals surface area contributed by atoms with Gasteiger partial charge in [0.25, 0.3) is 0 Å². The van der Waals surface area contributed by atoms with E-state index in [4.69, 9.17) is 16.3 Å². The number of ether oxygens (including phenoxy) is 1. The number of benzene rings is 1. The molecule has 0 bridgehead atoms. The minimum absolute atomic E-state index is 0.00358. The molecule has 2 rings (SSSR count). The van der Waals surface area contributed by atoms with Gasteiger partial charge in [-0.1, -0.05) is 25.4 Å². The van der Waals surface area contributed by atoms with Crippen molar-refractivity contribution in [1.29, 1.82) is 0 Å². The fourth-order valence-electron chi connectivity index (χ4n) is 1.86. The second kappa shape index (κ2) is 5.50. The zero-order valence-corrected chi connectivity index (χ0v) is 12.1. The molecule has 20 heavy (non-hydrogen) atoms. The summed E-state index contributed by atoms with van der Waals surface area (Å²) in [7, 11) is 1.57. The molecule has 106 valence electrons. The van der Waals surface area contributed by atoms with Crippen molar-refractivity contribution >= 4 is 17.3 Å². The fourth-order valence-corrected chi connectivity index (χ4v) is 2.16. The average Bonchev–Trinajstić information content (AvgIpc) is 2.77. The molecule has 0 fully saturated rings. The summed E-state index contributed by atoms with van der Waals surface area (Å²) >= 11 is 6.10. The highest BCUT2D eigenvalue weighted by molar-refractivity contribution is 6.32. The number of aromatic nitrogens is 2. The van der Waals surface area contributed by atoms with Crippen molar-refractivity contribution in [2.75, 3.05) is 7.11 Å². The van der Waals surface area contributed by atoms with E-state index in [-0.39, 0.29) is 16.8 Å². The number of nitrogens with zero attached hydrogens (tertiary/aromatic N) is 3. The van der Waals surface area contributed by atoms with Gasteiger partial charge in [-0.3, -0.25) is 10.1 Å². The van der Waals surface area contributed by atoms with E-state index >= 15 is 0 Å². The van der Waals surface area contributed by atoms with Crippen LogP contribution >= 0.6 is 11.6 Å². The van der Waals surface area contributed by atoms with Crippen LogP contribution in [0.5, 0.6) is 5.75 Å². The SMILES string of the molecule is COc1ccc(-n2nc(C(C)C)c([N+](=O)[O-])c2Cl)cc1. The fraction of sp³-hybridized carbons (Fsp3) is 0.308. The number of hydrogen-bond acceptors (Lipinski definition) is 4. The Balaban J connectivity index is 2.56. The Morgan fingerprint density at radius 1 is 1.35 bits per heavy atom. The number of halogens is 1. The minimum Gasteiger partial charge on any atom is -0.497 e. The van der Waals surface area contributed by atoms with Gasteiger partial charge < -0.3 is 4.74 Å². The third-order valence-corrected chi connectivity index (χ3v) is 3.22. The Hall–Kier alpha value is -2.08. The summed E-state index contributed by atoms with van der Waals surface area (Å²) in [5.74, 6) is 0.600. The number of hydrogen-bond donors (Lipinski definition) is 0. The van der Waals surface area contributed by atoms with E-state index in [9.17, 15) is 10.1 Å². The van der Waals surface area contributed by atoms with Crippen LogP contribution in [0, 0.1) is 10.1 Å². The molecule has 0 N–H and O–H groups in total. The third-order valence-electron chi connectivity index (χ3n) is 2.88. The number of methoxy groups -OCH3 is 1. The van der Waals surface area contributed by atoms with Gasteiger partial charge in [-0.2, -0.15) is 5.10 Å². The van der Waals surface area contributed by atoms with Crippen molar-refractivity contribution < 1.29 is 9.66 Å². The maximum atomic E-state index is 11.1. The van der Waals surface area contributed by atoms with E-state index in [1.807, 2.05) is 13.8 Å². The molecular formula is C13H14ClN3O3. The van der Waals surface area contributed by atoms with Crippen molar-refractivity contribution in [2.24, 2.45) is 0 Å². The molecule has 7 heteroatoms. The minimum atomic E-state index is -0.495. The zero-order chi connectivity index (χ0) is 14.9. The van der Waals surface area contributed by atoms with Crippen LogP contribution in [0.2, 0.25) is 5.15 Å². The first kappa shape index (κ1) is 14.3. The zero-order valence-electron chi connectivity index (χ0n) is 11.3. The molecule has 0 spiro atoms. The molecule has 0 radical (unpaired) electrons. The first-order chi connectivity index (χ1) is 9.45. The van der Waals surface area contributed by atoms with Gasteiger partial charge in [0.2, 0.25) is 5.15 Å². The van der Waals surface area contributed by atoms with Gasteiger partial charge in [0.15, 0.2) is 0 Å². The normalized spacial score (nSPS) is 10.8. The van der Waals surface area contributed by atoms with Crippen LogP contribution in [0.3, 0.4) is 0 Å². The first-order valence-corrected chi connectivity index (χ1v) is 6.40. The maximum Gasteiger partial charge on any atom is 0.329 e. The molecule has 0 saturated carbocycles. The van der Waals surface area contributed by atoms with Gasteiger partial charge in [0, 0.05) is 5.92 Å². The Labute approximate surface area is 121 Å². The lowest BCUT2D eigenvalue weighted by Crippen LogP contribution is -1.98. The molecule has 0 aliphatic heterocycles. The monoisotopic (exact) mass is 295 g/mol. The van der Waals surface area contributed by atoms with Crippen molar-refractivity contribution in [2.45, 2.75) is 19.8 Å². The quantitative estimate of drug-likeness (QED) is 0.638.